The molecule has 0 aliphatic carbocycles. The van der Waals surface area contributed by atoms with Crippen LogP contribution in [0, 0.1) is 5.82 Å². The van der Waals surface area contributed by atoms with E-state index in [1.807, 2.05) is 24.3 Å². The van der Waals surface area contributed by atoms with E-state index in [-0.39, 0.29) is 18.3 Å². The highest BCUT2D eigenvalue weighted by atomic mass is 19.1. The van der Waals surface area contributed by atoms with Gasteiger partial charge < -0.3 is 19.7 Å². The number of nitrogens with zero attached hydrogens (tertiary/aromatic N) is 2. The van der Waals surface area contributed by atoms with Crippen LogP contribution in [-0.2, 0) is 4.79 Å². The van der Waals surface area contributed by atoms with Gasteiger partial charge in [-0.2, -0.15) is 0 Å². The molecule has 3 rings (SSSR count). The molecule has 6 nitrogen and oxygen atoms in total. The van der Waals surface area contributed by atoms with Gasteiger partial charge in [-0.3, -0.25) is 9.69 Å². The SMILES string of the molecule is COc1cccc(OCC(=O)NCCN2CCN(c3ccccc3F)CC2)c1. The van der Waals surface area contributed by atoms with Gasteiger partial charge in [-0.1, -0.05) is 18.2 Å². The van der Waals surface area contributed by atoms with Crippen molar-refractivity contribution in [3.05, 3.63) is 54.3 Å². The van der Waals surface area contributed by atoms with Crippen LogP contribution in [0.15, 0.2) is 48.5 Å². The molecular formula is C21H26FN3O3. The lowest BCUT2D eigenvalue weighted by atomic mass is 10.2. The minimum atomic E-state index is -0.181. The molecule has 1 amide bonds. The molecule has 2 aromatic carbocycles. The van der Waals surface area contributed by atoms with Gasteiger partial charge in [0.05, 0.1) is 12.8 Å². The first kappa shape index (κ1) is 19.9. The summed E-state index contributed by atoms with van der Waals surface area (Å²) in [6, 6.07) is 14.0. The molecule has 1 heterocycles. The zero-order valence-corrected chi connectivity index (χ0v) is 16.1. The predicted octanol–water partition coefficient (Wildman–Crippen LogP) is 2.15. The van der Waals surface area contributed by atoms with Crippen molar-refractivity contribution in [2.24, 2.45) is 0 Å². The minimum absolute atomic E-state index is 0.0335. The summed E-state index contributed by atoms with van der Waals surface area (Å²) in [6.07, 6.45) is 0. The topological polar surface area (TPSA) is 54.0 Å². The Bertz CT molecular complexity index is 779. The van der Waals surface area contributed by atoms with Crippen LogP contribution in [0.1, 0.15) is 0 Å². The molecule has 28 heavy (non-hydrogen) atoms. The smallest absolute Gasteiger partial charge is 0.257 e. The third-order valence-electron chi connectivity index (χ3n) is 4.73. The third-order valence-corrected chi connectivity index (χ3v) is 4.73. The average Bonchev–Trinajstić information content (AvgIpc) is 2.73. The van der Waals surface area contributed by atoms with Crippen LogP contribution in [0.4, 0.5) is 10.1 Å². The number of piperazine rings is 1. The molecule has 1 aliphatic rings. The van der Waals surface area contributed by atoms with Crippen molar-refractivity contribution >= 4 is 11.6 Å². The Morgan fingerprint density at radius 3 is 2.57 bits per heavy atom. The number of amides is 1. The Balaban J connectivity index is 1.33. The van der Waals surface area contributed by atoms with E-state index in [1.165, 1.54) is 6.07 Å². The number of carbonyl (C=O) groups excluding carboxylic acids is 1. The monoisotopic (exact) mass is 387 g/mol. The van der Waals surface area contributed by atoms with Gasteiger partial charge in [0.15, 0.2) is 6.61 Å². The molecule has 150 valence electrons. The summed E-state index contributed by atoms with van der Waals surface area (Å²) >= 11 is 0. The molecule has 0 atom stereocenters. The number of halogens is 1. The van der Waals surface area contributed by atoms with Crippen LogP contribution in [-0.4, -0.2) is 63.8 Å². The highest BCUT2D eigenvalue weighted by Crippen LogP contribution is 2.20. The Morgan fingerprint density at radius 1 is 1.07 bits per heavy atom. The lowest BCUT2D eigenvalue weighted by Crippen LogP contribution is -2.49. The first-order valence-electron chi connectivity index (χ1n) is 9.41. The number of para-hydroxylation sites is 1. The van der Waals surface area contributed by atoms with Crippen molar-refractivity contribution in [3.63, 3.8) is 0 Å². The van der Waals surface area contributed by atoms with Gasteiger partial charge in [-0.05, 0) is 24.3 Å². The number of rotatable bonds is 8. The second kappa shape index (κ2) is 9.94. The number of benzene rings is 2. The molecule has 1 fully saturated rings. The largest absolute Gasteiger partial charge is 0.497 e. The number of hydrogen-bond acceptors (Lipinski definition) is 5. The number of carbonyl (C=O) groups is 1. The fourth-order valence-corrected chi connectivity index (χ4v) is 3.16. The molecule has 0 saturated carbocycles. The second-order valence-corrected chi connectivity index (χ2v) is 6.60. The van der Waals surface area contributed by atoms with Gasteiger partial charge in [0, 0.05) is 45.3 Å². The lowest BCUT2D eigenvalue weighted by molar-refractivity contribution is -0.123. The molecule has 1 N–H and O–H groups in total. The Kier molecular flexibility index (Phi) is 7.08. The van der Waals surface area contributed by atoms with Crippen LogP contribution < -0.4 is 19.7 Å². The Morgan fingerprint density at radius 2 is 1.82 bits per heavy atom. The maximum Gasteiger partial charge on any atom is 0.257 e. The quantitative estimate of drug-likeness (QED) is 0.752. The normalized spacial score (nSPS) is 14.6. The summed E-state index contributed by atoms with van der Waals surface area (Å²) in [5, 5.41) is 2.87. The Hall–Kier alpha value is -2.80. The van der Waals surface area contributed by atoms with Gasteiger partial charge in [0.2, 0.25) is 0 Å². The third kappa shape index (κ3) is 5.60. The van der Waals surface area contributed by atoms with E-state index in [9.17, 15) is 9.18 Å². The van der Waals surface area contributed by atoms with Gasteiger partial charge in [0.1, 0.15) is 17.3 Å². The van der Waals surface area contributed by atoms with Crippen molar-refractivity contribution in [1.29, 1.82) is 0 Å². The van der Waals surface area contributed by atoms with Gasteiger partial charge >= 0.3 is 0 Å². The molecule has 2 aromatic rings. The van der Waals surface area contributed by atoms with Crippen molar-refractivity contribution in [2.75, 3.05) is 57.9 Å². The summed E-state index contributed by atoms with van der Waals surface area (Å²) < 4.78 is 24.5. The molecule has 1 saturated heterocycles. The first-order valence-corrected chi connectivity index (χ1v) is 9.41. The van der Waals surface area contributed by atoms with E-state index in [0.717, 1.165) is 32.7 Å². The number of ether oxygens (including phenoxy) is 2. The van der Waals surface area contributed by atoms with Crippen molar-refractivity contribution < 1.29 is 18.7 Å². The molecule has 0 aromatic heterocycles. The predicted molar refractivity (Wildman–Crippen MR) is 107 cm³/mol. The van der Waals surface area contributed by atoms with E-state index < -0.39 is 0 Å². The maximum absolute atomic E-state index is 13.9. The van der Waals surface area contributed by atoms with Crippen LogP contribution in [0.2, 0.25) is 0 Å². The maximum atomic E-state index is 13.9. The fourth-order valence-electron chi connectivity index (χ4n) is 3.16. The number of nitrogens with one attached hydrogen (secondary N) is 1. The van der Waals surface area contributed by atoms with Crippen molar-refractivity contribution in [3.8, 4) is 11.5 Å². The summed E-state index contributed by atoms with van der Waals surface area (Å²) in [4.78, 5) is 16.3. The van der Waals surface area contributed by atoms with Gasteiger partial charge in [-0.25, -0.2) is 4.39 Å². The molecule has 0 radical (unpaired) electrons. The van der Waals surface area contributed by atoms with Crippen LogP contribution in [0.25, 0.3) is 0 Å². The lowest BCUT2D eigenvalue weighted by Gasteiger charge is -2.36. The van der Waals surface area contributed by atoms with Crippen LogP contribution >= 0.6 is 0 Å². The fraction of sp³-hybridized carbons (Fsp3) is 0.381. The molecule has 0 bridgehead atoms. The zero-order valence-electron chi connectivity index (χ0n) is 16.1. The molecule has 7 heteroatoms. The highest BCUT2D eigenvalue weighted by Gasteiger charge is 2.19. The molecular weight excluding hydrogens is 361 g/mol. The van der Waals surface area contributed by atoms with E-state index in [2.05, 4.69) is 15.1 Å². The zero-order chi connectivity index (χ0) is 19.8. The van der Waals surface area contributed by atoms with E-state index in [0.29, 0.717) is 23.7 Å². The minimum Gasteiger partial charge on any atom is -0.497 e. The van der Waals surface area contributed by atoms with Crippen molar-refractivity contribution in [1.82, 2.24) is 10.2 Å². The van der Waals surface area contributed by atoms with E-state index >= 15 is 0 Å². The molecule has 0 unspecified atom stereocenters. The summed E-state index contributed by atoms with van der Waals surface area (Å²) in [5.41, 5.74) is 0.658. The van der Waals surface area contributed by atoms with Gasteiger partial charge in [-0.15, -0.1) is 0 Å². The second-order valence-electron chi connectivity index (χ2n) is 6.60. The Labute approximate surface area is 164 Å². The average molecular weight is 387 g/mol. The summed E-state index contributed by atoms with van der Waals surface area (Å²) in [5.74, 6) is 0.943. The standard InChI is InChI=1S/C21H26FN3O3/c1-27-17-5-4-6-18(15-17)28-16-21(26)23-9-10-24-11-13-25(14-12-24)20-8-3-2-7-19(20)22/h2-8,15H,9-14,16H2,1H3,(H,23,26). The molecule has 0 spiro atoms. The van der Waals surface area contributed by atoms with Crippen LogP contribution in [0.5, 0.6) is 11.5 Å². The van der Waals surface area contributed by atoms with Gasteiger partial charge in [0.25, 0.3) is 5.91 Å². The number of methoxy groups -OCH3 is 1. The van der Waals surface area contributed by atoms with E-state index in [1.54, 1.807) is 25.3 Å². The highest BCUT2D eigenvalue weighted by molar-refractivity contribution is 5.77. The first-order chi connectivity index (χ1) is 13.7. The summed E-state index contributed by atoms with van der Waals surface area (Å²) in [6.45, 7) is 4.50. The number of hydrogen-bond donors (Lipinski definition) is 1. The van der Waals surface area contributed by atoms with Crippen LogP contribution in [0.3, 0.4) is 0 Å². The van der Waals surface area contributed by atoms with Crippen molar-refractivity contribution in [2.45, 2.75) is 0 Å². The number of anilines is 1. The summed E-state index contributed by atoms with van der Waals surface area (Å²) in [7, 11) is 1.59. The molecule has 1 aliphatic heterocycles. The van der Waals surface area contributed by atoms with E-state index in [4.69, 9.17) is 9.47 Å².